The molecule has 9 nitrogen and oxygen atoms in total. The van der Waals surface area contributed by atoms with Crippen LogP contribution in [0.1, 0.15) is 35.8 Å². The number of carboxylic acid groups (broad SMARTS) is 1. The lowest BCUT2D eigenvalue weighted by molar-refractivity contribution is -0.172. The number of carboxylic acids is 1. The zero-order valence-electron chi connectivity index (χ0n) is 11.2. The second kappa shape index (κ2) is 6.88. The fraction of sp³-hybridized carbons (Fsp3) is 0.455. The lowest BCUT2D eigenvalue weighted by Crippen LogP contribution is -2.37. The first-order chi connectivity index (χ1) is 9.66. The molecule has 0 aliphatic rings. The second-order valence-corrected chi connectivity index (χ2v) is 5.41. The van der Waals surface area contributed by atoms with Gasteiger partial charge in [0.25, 0.3) is 5.85 Å². The summed E-state index contributed by atoms with van der Waals surface area (Å²) in [6, 6.07) is -1.17. The van der Waals surface area contributed by atoms with Crippen molar-refractivity contribution in [1.82, 2.24) is 10.3 Å². The van der Waals surface area contributed by atoms with E-state index < -0.39 is 37.9 Å². The Morgan fingerprint density at radius 1 is 1.48 bits per heavy atom. The Morgan fingerprint density at radius 3 is 2.52 bits per heavy atom. The molecule has 0 amide bonds. The summed E-state index contributed by atoms with van der Waals surface area (Å²) in [5.74, 6) is -3.76. The van der Waals surface area contributed by atoms with E-state index in [2.05, 4.69) is 10.3 Å². The Kier molecular flexibility index (Phi) is 5.70. The Labute approximate surface area is 120 Å². The number of pyridine rings is 1. The van der Waals surface area contributed by atoms with E-state index in [1.165, 1.54) is 13.8 Å². The molecular formula is C11H15N2O7P. The minimum absolute atomic E-state index is 0.0888. The molecule has 0 saturated heterocycles. The number of hydrogen-bond donors (Lipinski definition) is 5. The number of aliphatic carboxylic acids is 1. The molecule has 1 rings (SSSR count). The van der Waals surface area contributed by atoms with E-state index in [4.69, 9.17) is 5.11 Å². The fourth-order valence-electron chi connectivity index (χ4n) is 1.63. The first-order valence-corrected chi connectivity index (χ1v) is 7.08. The van der Waals surface area contributed by atoms with Crippen LogP contribution in [0.5, 0.6) is 5.75 Å². The molecule has 0 bridgehead atoms. The SMILES string of the molecule is Cc1ncc(C(O)[P+](=O)[O-])c(C(O)N[C@H](C)C(=O)O)c1O. The van der Waals surface area contributed by atoms with Gasteiger partial charge in [-0.3, -0.25) is 15.1 Å². The van der Waals surface area contributed by atoms with Crippen LogP contribution in [0, 0.1) is 6.92 Å². The van der Waals surface area contributed by atoms with Crippen LogP contribution >= 0.6 is 8.03 Å². The quantitative estimate of drug-likeness (QED) is 0.335. The maximum absolute atomic E-state index is 10.9. The number of aromatic nitrogens is 1. The summed E-state index contributed by atoms with van der Waals surface area (Å²) >= 11 is 0. The highest BCUT2D eigenvalue weighted by molar-refractivity contribution is 7.36. The number of aryl methyl sites for hydroxylation is 1. The van der Waals surface area contributed by atoms with Gasteiger partial charge in [0, 0.05) is 6.20 Å². The van der Waals surface area contributed by atoms with Gasteiger partial charge in [-0.05, 0) is 13.8 Å². The molecule has 0 aliphatic heterocycles. The lowest BCUT2D eigenvalue weighted by atomic mass is 10.1. The van der Waals surface area contributed by atoms with Crippen LogP contribution in [0.15, 0.2) is 6.20 Å². The highest BCUT2D eigenvalue weighted by Crippen LogP contribution is 2.39. The van der Waals surface area contributed by atoms with Gasteiger partial charge in [-0.15, -0.1) is 0 Å². The molecule has 0 aliphatic carbocycles. The third kappa shape index (κ3) is 3.93. The summed E-state index contributed by atoms with van der Waals surface area (Å²) in [4.78, 5) is 25.3. The predicted molar refractivity (Wildman–Crippen MR) is 68.4 cm³/mol. The topological polar surface area (TPSA) is 163 Å². The van der Waals surface area contributed by atoms with Crippen molar-refractivity contribution in [3.63, 3.8) is 0 Å². The zero-order valence-corrected chi connectivity index (χ0v) is 12.1. The zero-order chi connectivity index (χ0) is 16.3. The second-order valence-electron chi connectivity index (χ2n) is 4.35. The van der Waals surface area contributed by atoms with Crippen LogP contribution in [0.25, 0.3) is 0 Å². The highest BCUT2D eigenvalue weighted by atomic mass is 31.1. The van der Waals surface area contributed by atoms with E-state index in [9.17, 15) is 29.6 Å². The minimum Gasteiger partial charge on any atom is -0.593 e. The summed E-state index contributed by atoms with van der Waals surface area (Å²) in [6.07, 6.45) is -0.700. The van der Waals surface area contributed by atoms with Crippen molar-refractivity contribution >= 4 is 14.0 Å². The van der Waals surface area contributed by atoms with Gasteiger partial charge in [-0.25, -0.2) is 0 Å². The van der Waals surface area contributed by atoms with Gasteiger partial charge in [-0.2, -0.15) is 0 Å². The van der Waals surface area contributed by atoms with Crippen LogP contribution in [-0.2, 0) is 9.36 Å². The molecule has 1 heterocycles. The van der Waals surface area contributed by atoms with Crippen molar-refractivity contribution in [2.24, 2.45) is 0 Å². The predicted octanol–water partition coefficient (Wildman–Crippen LogP) is -0.757. The maximum Gasteiger partial charge on any atom is 0.346 e. The van der Waals surface area contributed by atoms with Gasteiger partial charge in [0.1, 0.15) is 18.0 Å². The number of nitrogens with one attached hydrogen (secondary N) is 1. The molecule has 0 spiro atoms. The van der Waals surface area contributed by atoms with E-state index in [1.54, 1.807) is 0 Å². The van der Waals surface area contributed by atoms with Gasteiger partial charge >= 0.3 is 14.0 Å². The molecule has 0 fully saturated rings. The summed E-state index contributed by atoms with van der Waals surface area (Å²) in [5.41, 5.74) is -0.569. The number of carbonyl (C=O) groups is 1. The van der Waals surface area contributed by atoms with E-state index >= 15 is 0 Å². The van der Waals surface area contributed by atoms with E-state index in [-0.39, 0.29) is 16.8 Å². The van der Waals surface area contributed by atoms with Crippen LogP contribution < -0.4 is 10.2 Å². The first kappa shape index (κ1) is 17.4. The average molecular weight is 318 g/mol. The average Bonchev–Trinajstić information content (AvgIpc) is 2.40. The number of nitrogens with zero attached hydrogens (tertiary/aromatic N) is 1. The monoisotopic (exact) mass is 318 g/mol. The number of rotatable bonds is 6. The third-order valence-corrected chi connectivity index (χ3v) is 3.51. The van der Waals surface area contributed by atoms with Crippen molar-refractivity contribution in [3.8, 4) is 5.75 Å². The molecular weight excluding hydrogens is 303 g/mol. The molecule has 5 N–H and O–H groups in total. The lowest BCUT2D eigenvalue weighted by Gasteiger charge is -2.21. The number of aromatic hydroxyl groups is 1. The van der Waals surface area contributed by atoms with Crippen LogP contribution in [0.4, 0.5) is 0 Å². The van der Waals surface area contributed by atoms with Crippen molar-refractivity contribution in [3.05, 3.63) is 23.0 Å². The molecule has 1 aromatic rings. The van der Waals surface area contributed by atoms with Gasteiger partial charge in [0.15, 0.2) is 0 Å². The fourth-order valence-corrected chi connectivity index (χ4v) is 2.06. The Balaban J connectivity index is 3.28. The Bertz CT molecular complexity index is 566. The summed E-state index contributed by atoms with van der Waals surface area (Å²) in [7, 11) is -3.28. The molecule has 116 valence electrons. The molecule has 4 atom stereocenters. The number of hydrogen-bond acceptors (Lipinski definition) is 8. The van der Waals surface area contributed by atoms with Gasteiger partial charge in [-0.1, -0.05) is 4.57 Å². The normalized spacial score (nSPS) is 16.1. The highest BCUT2D eigenvalue weighted by Gasteiger charge is 2.31. The third-order valence-electron chi connectivity index (χ3n) is 2.84. The number of aliphatic hydroxyl groups is 2. The van der Waals surface area contributed by atoms with Crippen molar-refractivity contribution < 1.29 is 34.7 Å². The Hall–Kier alpha value is -1.64. The maximum atomic E-state index is 10.9. The van der Waals surface area contributed by atoms with E-state index in [1.807, 2.05) is 0 Å². The van der Waals surface area contributed by atoms with Crippen molar-refractivity contribution in [1.29, 1.82) is 0 Å². The molecule has 0 saturated carbocycles. The molecule has 3 unspecified atom stereocenters. The van der Waals surface area contributed by atoms with Crippen LogP contribution in [-0.4, -0.2) is 37.4 Å². The smallest absolute Gasteiger partial charge is 0.346 e. The Morgan fingerprint density at radius 2 is 2.05 bits per heavy atom. The van der Waals surface area contributed by atoms with Crippen molar-refractivity contribution in [2.45, 2.75) is 32.0 Å². The summed E-state index contributed by atoms with van der Waals surface area (Å²) in [5, 5.41) is 40.5. The summed E-state index contributed by atoms with van der Waals surface area (Å²) < 4.78 is 10.9. The van der Waals surface area contributed by atoms with Crippen LogP contribution in [0.2, 0.25) is 0 Å². The molecule has 21 heavy (non-hydrogen) atoms. The molecule has 10 heteroatoms. The largest absolute Gasteiger partial charge is 0.593 e. The standard InChI is InChI=1S/C11H15N2O7P/c1-4-8(14)7(9(15)13-5(2)10(16)17)6(3-12-4)11(18)21(19)20/h3,5,9,11,13-15,18H,1-2H3,(H,16,17)/t5-,9?,11?/m1/s1. The first-order valence-electron chi connectivity index (χ1n) is 5.83. The van der Waals surface area contributed by atoms with E-state index in [0.29, 0.717) is 0 Å². The van der Waals surface area contributed by atoms with E-state index in [0.717, 1.165) is 6.20 Å². The van der Waals surface area contributed by atoms with Gasteiger partial charge in [0.2, 0.25) is 0 Å². The molecule has 0 aromatic carbocycles. The molecule has 0 radical (unpaired) electrons. The summed E-state index contributed by atoms with van der Waals surface area (Å²) in [6.45, 7) is 2.65. The molecule has 1 aromatic heterocycles. The van der Waals surface area contributed by atoms with Crippen LogP contribution in [0.3, 0.4) is 0 Å². The van der Waals surface area contributed by atoms with Crippen molar-refractivity contribution in [2.75, 3.05) is 0 Å². The number of aliphatic hydroxyl groups excluding tert-OH is 2. The minimum atomic E-state index is -3.28. The van der Waals surface area contributed by atoms with Gasteiger partial charge < -0.3 is 25.3 Å². The van der Waals surface area contributed by atoms with Gasteiger partial charge in [0.05, 0.1) is 16.8 Å².